The average molecular weight is 350 g/mol. The molecule has 4 rings (SSSR count). The lowest BCUT2D eigenvalue weighted by atomic mass is 9.78. The van der Waals surface area contributed by atoms with Crippen molar-refractivity contribution in [3.8, 4) is 11.4 Å². The monoisotopic (exact) mass is 350 g/mol. The van der Waals surface area contributed by atoms with Crippen LogP contribution < -0.4 is 5.46 Å². The van der Waals surface area contributed by atoms with Gasteiger partial charge in [-0.2, -0.15) is 0 Å². The highest BCUT2D eigenvalue weighted by molar-refractivity contribution is 6.62. The predicted molar refractivity (Wildman–Crippen MR) is 102 cm³/mol. The Morgan fingerprint density at radius 3 is 2.27 bits per heavy atom. The third-order valence-corrected chi connectivity index (χ3v) is 5.40. The van der Waals surface area contributed by atoms with Gasteiger partial charge in [0, 0.05) is 23.5 Å². The third kappa shape index (κ3) is 3.09. The molecule has 0 unspecified atom stereocenters. The summed E-state index contributed by atoms with van der Waals surface area (Å²) in [6.07, 6.45) is 5.77. The Labute approximate surface area is 154 Å². The number of benzene rings is 1. The van der Waals surface area contributed by atoms with Crippen molar-refractivity contribution in [3.63, 3.8) is 0 Å². The van der Waals surface area contributed by atoms with Crippen LogP contribution in [-0.2, 0) is 14.0 Å². The quantitative estimate of drug-likeness (QED) is 0.797. The van der Waals surface area contributed by atoms with Gasteiger partial charge in [0.15, 0.2) is 5.82 Å². The molecule has 1 saturated heterocycles. The maximum absolute atomic E-state index is 6.14. The maximum Gasteiger partial charge on any atom is 0.494 e. The van der Waals surface area contributed by atoms with Crippen LogP contribution in [0.4, 0.5) is 0 Å². The van der Waals surface area contributed by atoms with Crippen molar-refractivity contribution < 1.29 is 14.0 Å². The Morgan fingerprint density at radius 2 is 1.65 bits per heavy atom. The SMILES string of the molecule is CC1(C)OB(c2cccc(-c3ncc(C4=CCOC4)cn3)c2)OC1(C)C. The van der Waals surface area contributed by atoms with E-state index in [-0.39, 0.29) is 18.3 Å². The highest BCUT2D eigenvalue weighted by atomic mass is 16.7. The highest BCUT2D eigenvalue weighted by Gasteiger charge is 2.51. The second-order valence-corrected chi connectivity index (χ2v) is 7.75. The van der Waals surface area contributed by atoms with E-state index in [0.717, 1.165) is 22.2 Å². The molecule has 134 valence electrons. The Bertz CT molecular complexity index is 830. The van der Waals surface area contributed by atoms with Crippen LogP contribution >= 0.6 is 0 Å². The largest absolute Gasteiger partial charge is 0.494 e. The van der Waals surface area contributed by atoms with Crippen LogP contribution in [0.2, 0.25) is 0 Å². The van der Waals surface area contributed by atoms with E-state index >= 15 is 0 Å². The number of hydrogen-bond acceptors (Lipinski definition) is 5. The molecule has 2 aliphatic rings. The Kier molecular flexibility index (Phi) is 4.22. The van der Waals surface area contributed by atoms with Gasteiger partial charge in [-0.25, -0.2) is 9.97 Å². The van der Waals surface area contributed by atoms with E-state index in [1.54, 1.807) is 0 Å². The molecule has 0 N–H and O–H groups in total. The maximum atomic E-state index is 6.14. The lowest BCUT2D eigenvalue weighted by Crippen LogP contribution is -2.41. The van der Waals surface area contributed by atoms with Gasteiger partial charge >= 0.3 is 7.12 Å². The molecule has 6 heteroatoms. The Morgan fingerprint density at radius 1 is 0.962 bits per heavy atom. The Balaban J connectivity index is 1.58. The van der Waals surface area contributed by atoms with Crippen molar-refractivity contribution in [3.05, 3.63) is 48.3 Å². The molecule has 0 aliphatic carbocycles. The van der Waals surface area contributed by atoms with Crippen LogP contribution in [0.3, 0.4) is 0 Å². The van der Waals surface area contributed by atoms with Gasteiger partial charge in [0.25, 0.3) is 0 Å². The van der Waals surface area contributed by atoms with Gasteiger partial charge in [0.2, 0.25) is 0 Å². The van der Waals surface area contributed by atoms with E-state index in [4.69, 9.17) is 14.0 Å². The van der Waals surface area contributed by atoms with Crippen LogP contribution in [0.25, 0.3) is 17.0 Å². The van der Waals surface area contributed by atoms with Crippen LogP contribution in [0.15, 0.2) is 42.7 Å². The summed E-state index contributed by atoms with van der Waals surface area (Å²) in [5, 5.41) is 0. The minimum Gasteiger partial charge on any atom is -0.399 e. The van der Waals surface area contributed by atoms with Crippen molar-refractivity contribution in [1.82, 2.24) is 9.97 Å². The first-order valence-corrected chi connectivity index (χ1v) is 8.91. The van der Waals surface area contributed by atoms with Gasteiger partial charge < -0.3 is 14.0 Å². The standard InChI is InChI=1S/C20H23BN2O3/c1-19(2)20(3,4)26-21(25-19)17-7-5-6-14(10-17)18-22-11-16(12-23-18)15-8-9-24-13-15/h5-8,10-12H,9,13H2,1-4H3. The molecule has 1 aromatic carbocycles. The second-order valence-electron chi connectivity index (χ2n) is 7.75. The summed E-state index contributed by atoms with van der Waals surface area (Å²) in [5.41, 5.74) is 3.35. The summed E-state index contributed by atoms with van der Waals surface area (Å²) in [5.74, 6) is 0.687. The second kappa shape index (κ2) is 6.30. The summed E-state index contributed by atoms with van der Waals surface area (Å²) in [7, 11) is -0.389. The fraction of sp³-hybridized carbons (Fsp3) is 0.400. The molecule has 0 atom stereocenters. The summed E-state index contributed by atoms with van der Waals surface area (Å²) >= 11 is 0. The number of nitrogens with zero attached hydrogens (tertiary/aromatic N) is 2. The highest BCUT2D eigenvalue weighted by Crippen LogP contribution is 2.36. The molecule has 0 spiro atoms. The van der Waals surface area contributed by atoms with Gasteiger partial charge in [-0.05, 0) is 38.7 Å². The molecule has 26 heavy (non-hydrogen) atoms. The van der Waals surface area contributed by atoms with E-state index in [9.17, 15) is 0 Å². The molecule has 5 nitrogen and oxygen atoms in total. The summed E-state index contributed by atoms with van der Waals surface area (Å²) < 4.78 is 17.6. The minimum absolute atomic E-state index is 0.358. The molecular formula is C20H23BN2O3. The topological polar surface area (TPSA) is 53.5 Å². The van der Waals surface area contributed by atoms with E-state index in [1.807, 2.05) is 36.7 Å². The molecular weight excluding hydrogens is 327 g/mol. The predicted octanol–water partition coefficient (Wildman–Crippen LogP) is 2.86. The fourth-order valence-corrected chi connectivity index (χ4v) is 3.03. The van der Waals surface area contributed by atoms with Gasteiger partial charge in [-0.15, -0.1) is 0 Å². The number of aromatic nitrogens is 2. The first-order valence-electron chi connectivity index (χ1n) is 8.91. The first-order chi connectivity index (χ1) is 12.4. The van der Waals surface area contributed by atoms with Crippen molar-refractivity contribution in [1.29, 1.82) is 0 Å². The zero-order valence-electron chi connectivity index (χ0n) is 15.7. The van der Waals surface area contributed by atoms with Crippen LogP contribution in [0.5, 0.6) is 0 Å². The fourth-order valence-electron chi connectivity index (χ4n) is 3.03. The molecule has 2 aliphatic heterocycles. The molecule has 1 fully saturated rings. The molecule has 0 bridgehead atoms. The molecule has 1 aromatic heterocycles. The summed E-state index contributed by atoms with van der Waals surface area (Å²) in [4.78, 5) is 9.06. The van der Waals surface area contributed by atoms with Crippen molar-refractivity contribution in [2.75, 3.05) is 13.2 Å². The van der Waals surface area contributed by atoms with Crippen LogP contribution in [-0.4, -0.2) is 41.5 Å². The Hall–Kier alpha value is -2.02. The van der Waals surface area contributed by atoms with Crippen LogP contribution in [0.1, 0.15) is 33.3 Å². The normalized spacial score (nSPS) is 21.1. The average Bonchev–Trinajstić information content (AvgIpc) is 3.22. The van der Waals surface area contributed by atoms with E-state index in [2.05, 4.69) is 43.7 Å². The number of rotatable bonds is 3. The first kappa shape index (κ1) is 17.4. The van der Waals surface area contributed by atoms with Gasteiger partial charge in [0.1, 0.15) is 0 Å². The van der Waals surface area contributed by atoms with Crippen molar-refractivity contribution in [2.45, 2.75) is 38.9 Å². The van der Waals surface area contributed by atoms with E-state index in [0.29, 0.717) is 19.0 Å². The lowest BCUT2D eigenvalue weighted by Gasteiger charge is -2.32. The zero-order valence-corrected chi connectivity index (χ0v) is 15.7. The van der Waals surface area contributed by atoms with Gasteiger partial charge in [-0.3, -0.25) is 0 Å². The minimum atomic E-state index is -0.389. The molecule has 3 heterocycles. The van der Waals surface area contributed by atoms with Crippen molar-refractivity contribution in [2.24, 2.45) is 0 Å². The third-order valence-electron chi connectivity index (χ3n) is 5.40. The summed E-state index contributed by atoms with van der Waals surface area (Å²) in [6.45, 7) is 9.51. The molecule has 0 amide bonds. The van der Waals surface area contributed by atoms with Gasteiger partial charge in [-0.1, -0.05) is 30.3 Å². The zero-order chi connectivity index (χ0) is 18.4. The van der Waals surface area contributed by atoms with Gasteiger partial charge in [0.05, 0.1) is 24.4 Å². The van der Waals surface area contributed by atoms with E-state index in [1.165, 1.54) is 0 Å². The summed E-state index contributed by atoms with van der Waals surface area (Å²) in [6, 6.07) is 8.04. The molecule has 0 saturated carbocycles. The lowest BCUT2D eigenvalue weighted by molar-refractivity contribution is 0.00578. The molecule has 0 radical (unpaired) electrons. The molecule has 2 aromatic rings. The van der Waals surface area contributed by atoms with Crippen LogP contribution in [0, 0.1) is 0 Å². The number of ether oxygens (including phenoxy) is 1. The smallest absolute Gasteiger partial charge is 0.399 e. The van der Waals surface area contributed by atoms with Crippen molar-refractivity contribution >= 4 is 18.2 Å². The number of hydrogen-bond donors (Lipinski definition) is 0. The van der Waals surface area contributed by atoms with E-state index < -0.39 is 0 Å².